The molecule has 0 amide bonds. The molecule has 0 heterocycles. The first-order chi connectivity index (χ1) is 8.16. The number of carbonyl (C=O) groups excluding carboxylic acids is 1. The van der Waals surface area contributed by atoms with Crippen LogP contribution in [0, 0.1) is 17.3 Å². The van der Waals surface area contributed by atoms with Crippen LogP contribution in [0.5, 0.6) is 0 Å². The van der Waals surface area contributed by atoms with E-state index in [1.165, 1.54) is 19.3 Å². The van der Waals surface area contributed by atoms with Gasteiger partial charge in [-0.05, 0) is 43.9 Å². The van der Waals surface area contributed by atoms with Crippen molar-refractivity contribution in [3.63, 3.8) is 0 Å². The molecule has 2 aliphatic rings. The minimum atomic E-state index is -0.103. The molecule has 3 unspecified atom stereocenters. The first-order valence-electron chi connectivity index (χ1n) is 7.33. The van der Waals surface area contributed by atoms with Crippen LogP contribution in [-0.4, -0.2) is 12.6 Å². The van der Waals surface area contributed by atoms with Gasteiger partial charge >= 0.3 is 5.97 Å². The first kappa shape index (κ1) is 12.9. The zero-order chi connectivity index (χ0) is 12.3. The maximum absolute atomic E-state index is 12.3. The molecule has 0 aromatic rings. The van der Waals surface area contributed by atoms with Gasteiger partial charge in [0.15, 0.2) is 0 Å². The van der Waals surface area contributed by atoms with Gasteiger partial charge in [-0.1, -0.05) is 33.1 Å². The fraction of sp³-hybridized carbons (Fsp3) is 0.933. The Morgan fingerprint density at radius 1 is 1.41 bits per heavy atom. The summed E-state index contributed by atoms with van der Waals surface area (Å²) in [7, 11) is 0. The van der Waals surface area contributed by atoms with E-state index in [1.807, 2.05) is 0 Å². The Morgan fingerprint density at radius 3 is 3.00 bits per heavy atom. The molecule has 0 saturated heterocycles. The van der Waals surface area contributed by atoms with Crippen molar-refractivity contribution in [3.05, 3.63) is 0 Å². The lowest BCUT2D eigenvalue weighted by Gasteiger charge is -2.45. The molecule has 0 aliphatic heterocycles. The Labute approximate surface area is 105 Å². The number of esters is 1. The monoisotopic (exact) mass is 238 g/mol. The molecule has 2 fully saturated rings. The Hall–Kier alpha value is -0.530. The standard InChI is InChI=1S/C15H26O2/c1-3-4-8-17-14(16)15-7-5-6-13(11-15)9-12(2)10-15/h12-13H,3-11H2,1-2H3. The van der Waals surface area contributed by atoms with Crippen LogP contribution < -0.4 is 0 Å². The Balaban J connectivity index is 1.97. The zero-order valence-electron chi connectivity index (χ0n) is 11.3. The van der Waals surface area contributed by atoms with Crippen molar-refractivity contribution in [3.8, 4) is 0 Å². The van der Waals surface area contributed by atoms with Gasteiger partial charge in [0.1, 0.15) is 0 Å². The number of unbranched alkanes of at least 4 members (excludes halogenated alkanes) is 1. The van der Waals surface area contributed by atoms with Gasteiger partial charge in [-0.15, -0.1) is 0 Å². The molecule has 2 aliphatic carbocycles. The van der Waals surface area contributed by atoms with E-state index >= 15 is 0 Å². The molecular formula is C15H26O2. The second kappa shape index (κ2) is 5.41. The highest BCUT2D eigenvalue weighted by molar-refractivity contribution is 5.77. The molecule has 2 rings (SSSR count). The molecule has 98 valence electrons. The fourth-order valence-corrected chi connectivity index (χ4v) is 3.92. The van der Waals surface area contributed by atoms with E-state index in [-0.39, 0.29) is 11.4 Å². The van der Waals surface area contributed by atoms with Crippen LogP contribution in [0.15, 0.2) is 0 Å². The molecule has 2 saturated carbocycles. The predicted octanol–water partition coefficient (Wildman–Crippen LogP) is 3.94. The minimum absolute atomic E-state index is 0.103. The summed E-state index contributed by atoms with van der Waals surface area (Å²) in [6.45, 7) is 5.05. The van der Waals surface area contributed by atoms with Crippen molar-refractivity contribution in [2.24, 2.45) is 17.3 Å². The Bertz CT molecular complexity index is 270. The number of hydrogen-bond acceptors (Lipinski definition) is 2. The second-order valence-electron chi connectivity index (χ2n) is 6.28. The van der Waals surface area contributed by atoms with E-state index in [9.17, 15) is 4.79 Å². The number of hydrogen-bond donors (Lipinski definition) is 0. The largest absolute Gasteiger partial charge is 0.465 e. The fourth-order valence-electron chi connectivity index (χ4n) is 3.92. The van der Waals surface area contributed by atoms with Gasteiger partial charge in [0, 0.05) is 0 Å². The third kappa shape index (κ3) is 2.83. The molecule has 0 N–H and O–H groups in total. The summed E-state index contributed by atoms with van der Waals surface area (Å²) in [6.07, 6.45) is 9.20. The van der Waals surface area contributed by atoms with E-state index in [0.717, 1.165) is 38.0 Å². The Kier molecular flexibility index (Phi) is 4.11. The third-order valence-electron chi connectivity index (χ3n) is 4.59. The van der Waals surface area contributed by atoms with Gasteiger partial charge in [0.25, 0.3) is 0 Å². The SMILES string of the molecule is CCCCOC(=O)C12CCCC(CC(C)C1)C2. The van der Waals surface area contributed by atoms with Crippen LogP contribution in [-0.2, 0) is 9.53 Å². The molecule has 0 spiro atoms. The molecule has 2 bridgehead atoms. The maximum Gasteiger partial charge on any atom is 0.312 e. The summed E-state index contributed by atoms with van der Waals surface area (Å²) < 4.78 is 5.51. The molecular weight excluding hydrogens is 212 g/mol. The number of fused-ring (bicyclic) bond motifs is 2. The summed E-state index contributed by atoms with van der Waals surface area (Å²) in [6, 6.07) is 0. The van der Waals surface area contributed by atoms with Crippen molar-refractivity contribution < 1.29 is 9.53 Å². The van der Waals surface area contributed by atoms with E-state index < -0.39 is 0 Å². The lowest BCUT2D eigenvalue weighted by molar-refractivity contribution is -0.163. The van der Waals surface area contributed by atoms with Gasteiger partial charge in [-0.3, -0.25) is 4.79 Å². The lowest BCUT2D eigenvalue weighted by atomic mass is 9.59. The van der Waals surface area contributed by atoms with E-state index in [0.29, 0.717) is 12.5 Å². The van der Waals surface area contributed by atoms with Crippen LogP contribution in [0.25, 0.3) is 0 Å². The summed E-state index contributed by atoms with van der Waals surface area (Å²) in [5, 5.41) is 0. The highest BCUT2D eigenvalue weighted by Crippen LogP contribution is 2.51. The average Bonchev–Trinajstić information content (AvgIpc) is 2.28. The van der Waals surface area contributed by atoms with Crippen LogP contribution in [0.2, 0.25) is 0 Å². The highest BCUT2D eigenvalue weighted by atomic mass is 16.5. The molecule has 0 aromatic carbocycles. The first-order valence-corrected chi connectivity index (χ1v) is 7.33. The molecule has 0 radical (unpaired) electrons. The van der Waals surface area contributed by atoms with E-state index in [1.54, 1.807) is 0 Å². The average molecular weight is 238 g/mol. The summed E-state index contributed by atoms with van der Waals surface area (Å²) >= 11 is 0. The van der Waals surface area contributed by atoms with Gasteiger partial charge in [-0.25, -0.2) is 0 Å². The van der Waals surface area contributed by atoms with Crippen molar-refractivity contribution in [1.82, 2.24) is 0 Å². The van der Waals surface area contributed by atoms with Gasteiger partial charge in [0.2, 0.25) is 0 Å². The lowest BCUT2D eigenvalue weighted by Crippen LogP contribution is -2.43. The predicted molar refractivity (Wildman–Crippen MR) is 68.7 cm³/mol. The maximum atomic E-state index is 12.3. The highest BCUT2D eigenvalue weighted by Gasteiger charge is 2.47. The number of ether oxygens (including phenoxy) is 1. The number of rotatable bonds is 4. The molecule has 17 heavy (non-hydrogen) atoms. The van der Waals surface area contributed by atoms with Crippen molar-refractivity contribution in [2.45, 2.75) is 65.2 Å². The van der Waals surface area contributed by atoms with Gasteiger partial charge in [-0.2, -0.15) is 0 Å². The third-order valence-corrected chi connectivity index (χ3v) is 4.59. The topological polar surface area (TPSA) is 26.3 Å². The minimum Gasteiger partial charge on any atom is -0.465 e. The van der Waals surface area contributed by atoms with Gasteiger partial charge in [0.05, 0.1) is 12.0 Å². The normalized spacial score (nSPS) is 36.6. The molecule has 2 heteroatoms. The number of carbonyl (C=O) groups is 1. The molecule has 0 aromatic heterocycles. The van der Waals surface area contributed by atoms with Crippen LogP contribution in [0.3, 0.4) is 0 Å². The van der Waals surface area contributed by atoms with E-state index in [2.05, 4.69) is 13.8 Å². The van der Waals surface area contributed by atoms with Crippen LogP contribution >= 0.6 is 0 Å². The van der Waals surface area contributed by atoms with E-state index in [4.69, 9.17) is 4.74 Å². The zero-order valence-corrected chi connectivity index (χ0v) is 11.3. The smallest absolute Gasteiger partial charge is 0.312 e. The van der Waals surface area contributed by atoms with Crippen LogP contribution in [0.1, 0.15) is 65.2 Å². The second-order valence-corrected chi connectivity index (χ2v) is 6.28. The quantitative estimate of drug-likeness (QED) is 0.548. The van der Waals surface area contributed by atoms with Crippen molar-refractivity contribution >= 4 is 5.97 Å². The molecule has 2 nitrogen and oxygen atoms in total. The summed E-state index contributed by atoms with van der Waals surface area (Å²) in [5.41, 5.74) is -0.103. The van der Waals surface area contributed by atoms with Gasteiger partial charge < -0.3 is 4.74 Å². The summed E-state index contributed by atoms with van der Waals surface area (Å²) in [5.74, 6) is 1.60. The van der Waals surface area contributed by atoms with Crippen molar-refractivity contribution in [1.29, 1.82) is 0 Å². The summed E-state index contributed by atoms with van der Waals surface area (Å²) in [4.78, 5) is 12.3. The van der Waals surface area contributed by atoms with Crippen LogP contribution in [0.4, 0.5) is 0 Å². The molecule has 3 atom stereocenters. The Morgan fingerprint density at radius 2 is 2.24 bits per heavy atom. The van der Waals surface area contributed by atoms with Crippen molar-refractivity contribution in [2.75, 3.05) is 6.61 Å².